The molecule has 2 aromatic carbocycles. The molecule has 144 valence electrons. The minimum atomic E-state index is -0.376. The molecule has 0 aliphatic rings. The van der Waals surface area contributed by atoms with Crippen LogP contribution in [0.3, 0.4) is 0 Å². The Morgan fingerprint density at radius 2 is 1.54 bits per heavy atom. The van der Waals surface area contributed by atoms with Crippen molar-refractivity contribution in [1.29, 1.82) is 0 Å². The van der Waals surface area contributed by atoms with Gasteiger partial charge in [-0.05, 0) is 36.2 Å². The highest BCUT2D eigenvalue weighted by Gasteiger charge is 2.05. The SMILES string of the molecule is Cc1ccc(CNC(=O)NCC(=O)NCc2ccc(-n3cccn3)cc2)cc1. The molecule has 3 amide bonds. The summed E-state index contributed by atoms with van der Waals surface area (Å²) in [6, 6.07) is 17.1. The quantitative estimate of drug-likeness (QED) is 0.590. The molecule has 1 aromatic heterocycles. The Balaban J connectivity index is 1.36. The lowest BCUT2D eigenvalue weighted by Crippen LogP contribution is -2.41. The highest BCUT2D eigenvalue weighted by Crippen LogP contribution is 2.08. The lowest BCUT2D eigenvalue weighted by atomic mass is 10.1. The third kappa shape index (κ3) is 5.70. The van der Waals surface area contributed by atoms with Gasteiger partial charge in [0.2, 0.25) is 5.91 Å². The number of carbonyl (C=O) groups excluding carboxylic acids is 2. The molecule has 1 heterocycles. The molecule has 7 nitrogen and oxygen atoms in total. The van der Waals surface area contributed by atoms with Crippen LogP contribution in [0.25, 0.3) is 5.69 Å². The average molecular weight is 377 g/mol. The van der Waals surface area contributed by atoms with E-state index in [2.05, 4.69) is 21.0 Å². The standard InChI is InChI=1S/C21H23N5O2/c1-16-3-5-17(6-4-16)14-23-21(28)24-15-20(27)22-13-18-7-9-19(10-8-18)26-12-2-11-25-26/h2-12H,13-15H2,1H3,(H,22,27)(H2,23,24,28). The smallest absolute Gasteiger partial charge is 0.315 e. The molecule has 0 atom stereocenters. The van der Waals surface area contributed by atoms with Crippen LogP contribution in [-0.2, 0) is 17.9 Å². The van der Waals surface area contributed by atoms with Crippen molar-refractivity contribution in [3.8, 4) is 5.69 Å². The van der Waals surface area contributed by atoms with Gasteiger partial charge in [0.25, 0.3) is 0 Å². The van der Waals surface area contributed by atoms with Gasteiger partial charge in [0, 0.05) is 25.5 Å². The summed E-state index contributed by atoms with van der Waals surface area (Å²) in [5.41, 5.74) is 4.09. The lowest BCUT2D eigenvalue weighted by molar-refractivity contribution is -0.120. The number of amides is 3. The normalized spacial score (nSPS) is 10.3. The molecule has 0 radical (unpaired) electrons. The van der Waals surface area contributed by atoms with Gasteiger partial charge in [-0.2, -0.15) is 5.10 Å². The van der Waals surface area contributed by atoms with Crippen molar-refractivity contribution < 1.29 is 9.59 Å². The summed E-state index contributed by atoms with van der Waals surface area (Å²) >= 11 is 0. The maximum Gasteiger partial charge on any atom is 0.315 e. The number of carbonyl (C=O) groups is 2. The molecule has 3 aromatic rings. The van der Waals surface area contributed by atoms with Crippen LogP contribution in [0.4, 0.5) is 4.79 Å². The zero-order chi connectivity index (χ0) is 19.8. The second-order valence-corrected chi connectivity index (χ2v) is 6.42. The topological polar surface area (TPSA) is 88.0 Å². The largest absolute Gasteiger partial charge is 0.350 e. The fourth-order valence-corrected chi connectivity index (χ4v) is 2.56. The first-order valence-electron chi connectivity index (χ1n) is 9.03. The van der Waals surface area contributed by atoms with Gasteiger partial charge in [0.05, 0.1) is 12.2 Å². The third-order valence-corrected chi connectivity index (χ3v) is 4.18. The van der Waals surface area contributed by atoms with Crippen molar-refractivity contribution >= 4 is 11.9 Å². The molecular formula is C21H23N5O2. The summed E-state index contributed by atoms with van der Waals surface area (Å²) in [5.74, 6) is -0.248. The summed E-state index contributed by atoms with van der Waals surface area (Å²) in [6.45, 7) is 2.74. The molecule has 28 heavy (non-hydrogen) atoms. The van der Waals surface area contributed by atoms with E-state index < -0.39 is 0 Å². The van der Waals surface area contributed by atoms with Gasteiger partial charge in [0.1, 0.15) is 0 Å². The van der Waals surface area contributed by atoms with Gasteiger partial charge in [-0.25, -0.2) is 9.48 Å². The highest BCUT2D eigenvalue weighted by molar-refractivity contribution is 5.83. The Morgan fingerprint density at radius 3 is 2.18 bits per heavy atom. The van der Waals surface area contributed by atoms with Crippen LogP contribution in [0.2, 0.25) is 0 Å². The van der Waals surface area contributed by atoms with E-state index in [0.29, 0.717) is 13.1 Å². The Hall–Kier alpha value is -3.61. The van der Waals surface area contributed by atoms with Crippen molar-refractivity contribution in [1.82, 2.24) is 25.7 Å². The first-order chi connectivity index (χ1) is 13.6. The summed E-state index contributed by atoms with van der Waals surface area (Å²) in [4.78, 5) is 23.7. The zero-order valence-electron chi connectivity index (χ0n) is 15.7. The maximum absolute atomic E-state index is 11.9. The molecule has 3 rings (SSSR count). The van der Waals surface area contributed by atoms with E-state index in [9.17, 15) is 9.59 Å². The first-order valence-corrected chi connectivity index (χ1v) is 9.03. The Labute approximate surface area is 163 Å². The number of benzene rings is 2. The number of hydrogen-bond acceptors (Lipinski definition) is 3. The third-order valence-electron chi connectivity index (χ3n) is 4.18. The minimum absolute atomic E-state index is 0.0783. The van der Waals surface area contributed by atoms with Crippen LogP contribution >= 0.6 is 0 Å². The van der Waals surface area contributed by atoms with Gasteiger partial charge in [-0.15, -0.1) is 0 Å². The molecule has 0 fully saturated rings. The summed E-state index contributed by atoms with van der Waals surface area (Å²) in [6.07, 6.45) is 3.59. The number of urea groups is 1. The van der Waals surface area contributed by atoms with E-state index in [-0.39, 0.29) is 18.5 Å². The molecule has 7 heteroatoms. The fraction of sp³-hybridized carbons (Fsp3) is 0.190. The molecule has 0 bridgehead atoms. The Morgan fingerprint density at radius 1 is 0.893 bits per heavy atom. The van der Waals surface area contributed by atoms with E-state index in [1.165, 1.54) is 5.56 Å². The highest BCUT2D eigenvalue weighted by atomic mass is 16.2. The predicted molar refractivity (Wildman–Crippen MR) is 107 cm³/mol. The van der Waals surface area contributed by atoms with Gasteiger partial charge < -0.3 is 16.0 Å². The van der Waals surface area contributed by atoms with Gasteiger partial charge >= 0.3 is 6.03 Å². The zero-order valence-corrected chi connectivity index (χ0v) is 15.7. The van der Waals surface area contributed by atoms with Crippen LogP contribution in [0.15, 0.2) is 67.0 Å². The summed E-state index contributed by atoms with van der Waals surface area (Å²) in [5, 5.41) is 12.2. The van der Waals surface area contributed by atoms with Crippen LogP contribution in [0.1, 0.15) is 16.7 Å². The van der Waals surface area contributed by atoms with Crippen molar-refractivity contribution in [2.24, 2.45) is 0 Å². The van der Waals surface area contributed by atoms with Gasteiger partial charge in [0.15, 0.2) is 0 Å². The lowest BCUT2D eigenvalue weighted by Gasteiger charge is -2.09. The second-order valence-electron chi connectivity index (χ2n) is 6.42. The van der Waals surface area contributed by atoms with Crippen molar-refractivity contribution in [3.63, 3.8) is 0 Å². The summed E-state index contributed by atoms with van der Waals surface area (Å²) < 4.78 is 1.77. The summed E-state index contributed by atoms with van der Waals surface area (Å²) in [7, 11) is 0. The van der Waals surface area contributed by atoms with Crippen LogP contribution in [0.5, 0.6) is 0 Å². The number of aryl methyl sites for hydroxylation is 1. The van der Waals surface area contributed by atoms with E-state index in [1.54, 1.807) is 10.9 Å². The van der Waals surface area contributed by atoms with Crippen molar-refractivity contribution in [2.45, 2.75) is 20.0 Å². The Bertz CT molecular complexity index is 903. The number of aromatic nitrogens is 2. The Kier molecular flexibility index (Phi) is 6.41. The molecule has 0 unspecified atom stereocenters. The van der Waals surface area contributed by atoms with E-state index >= 15 is 0 Å². The van der Waals surface area contributed by atoms with E-state index in [0.717, 1.165) is 16.8 Å². The predicted octanol–water partition coefficient (Wildman–Crippen LogP) is 2.30. The molecule has 0 saturated heterocycles. The maximum atomic E-state index is 11.9. The molecule has 3 N–H and O–H groups in total. The molecular weight excluding hydrogens is 354 g/mol. The number of nitrogens with one attached hydrogen (secondary N) is 3. The van der Waals surface area contributed by atoms with Crippen molar-refractivity contribution in [2.75, 3.05) is 6.54 Å². The molecule has 0 spiro atoms. The molecule has 0 aliphatic carbocycles. The van der Waals surface area contributed by atoms with E-state index in [1.807, 2.05) is 67.7 Å². The van der Waals surface area contributed by atoms with Crippen LogP contribution in [-0.4, -0.2) is 28.3 Å². The number of nitrogens with zero attached hydrogens (tertiary/aromatic N) is 2. The number of rotatable bonds is 7. The molecule has 0 aliphatic heterocycles. The van der Waals surface area contributed by atoms with E-state index in [4.69, 9.17) is 0 Å². The average Bonchev–Trinajstić information content (AvgIpc) is 3.25. The molecule has 0 saturated carbocycles. The second kappa shape index (κ2) is 9.36. The van der Waals surface area contributed by atoms with Crippen LogP contribution in [0, 0.1) is 6.92 Å². The van der Waals surface area contributed by atoms with Gasteiger partial charge in [-0.1, -0.05) is 42.0 Å². The van der Waals surface area contributed by atoms with Crippen molar-refractivity contribution in [3.05, 3.63) is 83.7 Å². The fourth-order valence-electron chi connectivity index (χ4n) is 2.56. The number of hydrogen-bond donors (Lipinski definition) is 3. The monoisotopic (exact) mass is 377 g/mol. The minimum Gasteiger partial charge on any atom is -0.350 e. The first kappa shape index (κ1) is 19.2. The van der Waals surface area contributed by atoms with Gasteiger partial charge in [-0.3, -0.25) is 4.79 Å². The van der Waals surface area contributed by atoms with Crippen LogP contribution < -0.4 is 16.0 Å².